The average Bonchev–Trinajstić information content (AvgIpc) is 2.69. The minimum atomic E-state index is -4.51. The van der Waals surface area contributed by atoms with Gasteiger partial charge in [0.15, 0.2) is 5.69 Å². The molecule has 1 N–H and O–H groups in total. The van der Waals surface area contributed by atoms with Crippen LogP contribution in [0.3, 0.4) is 0 Å². The number of rotatable bonds is 5. The van der Waals surface area contributed by atoms with Gasteiger partial charge in [0.2, 0.25) is 0 Å². The lowest BCUT2D eigenvalue weighted by molar-refractivity contribution is -0.141. The predicted molar refractivity (Wildman–Crippen MR) is 129 cm³/mol. The molecular formula is C25H39F3N6O. The van der Waals surface area contributed by atoms with Gasteiger partial charge < -0.3 is 20.0 Å². The molecule has 2 amide bonds. The molecule has 1 saturated carbocycles. The number of carbonyl (C=O) groups excluding carboxylic acids is 1. The van der Waals surface area contributed by atoms with Crippen molar-refractivity contribution in [2.75, 3.05) is 44.2 Å². The van der Waals surface area contributed by atoms with E-state index in [1.54, 1.807) is 0 Å². The Morgan fingerprint density at radius 2 is 1.71 bits per heavy atom. The number of halogens is 3. The Labute approximate surface area is 206 Å². The summed E-state index contributed by atoms with van der Waals surface area (Å²) in [6, 6.07) is -0.262. The highest BCUT2D eigenvalue weighted by atomic mass is 19.4. The number of carbonyl (C=O) groups is 1. The van der Waals surface area contributed by atoms with Gasteiger partial charge in [0.25, 0.3) is 0 Å². The zero-order chi connectivity index (χ0) is 25.6. The topological polar surface area (TPSA) is 64.6 Å². The van der Waals surface area contributed by atoms with Gasteiger partial charge in [-0.15, -0.1) is 0 Å². The Hall–Kier alpha value is -2.10. The first-order chi connectivity index (χ1) is 16.2. The van der Waals surface area contributed by atoms with Crippen molar-refractivity contribution in [3.05, 3.63) is 18.1 Å². The average molecular weight is 497 g/mol. The van der Waals surface area contributed by atoms with E-state index in [0.29, 0.717) is 42.2 Å². The highest BCUT2D eigenvalue weighted by Crippen LogP contribution is 2.51. The maximum absolute atomic E-state index is 13.0. The van der Waals surface area contributed by atoms with Gasteiger partial charge in [0, 0.05) is 44.8 Å². The van der Waals surface area contributed by atoms with Gasteiger partial charge in [0.05, 0.1) is 12.4 Å². The molecule has 196 valence electrons. The third-order valence-corrected chi connectivity index (χ3v) is 7.69. The maximum Gasteiger partial charge on any atom is 0.434 e. The molecule has 0 unspecified atom stereocenters. The summed E-state index contributed by atoms with van der Waals surface area (Å²) in [4.78, 5) is 26.8. The number of hydrogen-bond donors (Lipinski definition) is 1. The molecule has 1 aromatic heterocycles. The lowest BCUT2D eigenvalue weighted by Gasteiger charge is -2.59. The van der Waals surface area contributed by atoms with Crippen LogP contribution in [0.4, 0.5) is 23.8 Å². The van der Waals surface area contributed by atoms with E-state index in [4.69, 9.17) is 0 Å². The molecule has 3 fully saturated rings. The maximum atomic E-state index is 13.0. The quantitative estimate of drug-likeness (QED) is 0.660. The molecule has 2 atom stereocenters. The molecule has 10 heteroatoms. The van der Waals surface area contributed by atoms with Gasteiger partial charge in [-0.3, -0.25) is 0 Å². The van der Waals surface area contributed by atoms with E-state index in [1.165, 1.54) is 38.9 Å². The number of amides is 2. The van der Waals surface area contributed by atoms with Crippen molar-refractivity contribution in [1.29, 1.82) is 0 Å². The number of aromatic nitrogens is 2. The monoisotopic (exact) mass is 496 g/mol. The van der Waals surface area contributed by atoms with Crippen LogP contribution in [0.1, 0.15) is 59.6 Å². The molecule has 0 bridgehead atoms. The van der Waals surface area contributed by atoms with Crippen LogP contribution in [0.25, 0.3) is 0 Å². The summed E-state index contributed by atoms with van der Waals surface area (Å²) in [7, 11) is 0. The second-order valence-electron chi connectivity index (χ2n) is 12.2. The fourth-order valence-electron chi connectivity index (χ4n) is 5.99. The second-order valence-corrected chi connectivity index (χ2v) is 12.2. The summed E-state index contributed by atoms with van der Waals surface area (Å²) in [6.07, 6.45) is 1.01. The molecular weight excluding hydrogens is 457 g/mol. The second kappa shape index (κ2) is 9.41. The zero-order valence-corrected chi connectivity index (χ0v) is 21.5. The van der Waals surface area contributed by atoms with Crippen LogP contribution in [0.2, 0.25) is 0 Å². The van der Waals surface area contributed by atoms with Crippen molar-refractivity contribution >= 4 is 11.8 Å². The van der Waals surface area contributed by atoms with Gasteiger partial charge in [-0.2, -0.15) is 13.2 Å². The molecule has 35 heavy (non-hydrogen) atoms. The van der Waals surface area contributed by atoms with E-state index >= 15 is 0 Å². The predicted octanol–water partition coefficient (Wildman–Crippen LogP) is 4.25. The summed E-state index contributed by atoms with van der Waals surface area (Å²) >= 11 is 0. The van der Waals surface area contributed by atoms with Gasteiger partial charge in [0.1, 0.15) is 5.82 Å². The van der Waals surface area contributed by atoms with Crippen molar-refractivity contribution in [3.63, 3.8) is 0 Å². The number of nitrogens with zero attached hydrogens (tertiary/aromatic N) is 5. The molecule has 1 aromatic rings. The SMILES string of the molecule is C[C@@H]1CN(c2cnc(C(F)(F)F)cn2)C[C@H](C)N1C(=O)NCC1CC2(C1)CN(CCC(C)(C)C)C2. The molecule has 2 aliphatic heterocycles. The number of urea groups is 1. The Morgan fingerprint density at radius 3 is 2.23 bits per heavy atom. The van der Waals surface area contributed by atoms with Gasteiger partial charge in [-0.05, 0) is 56.4 Å². The number of anilines is 1. The Bertz CT molecular complexity index is 874. The fourth-order valence-corrected chi connectivity index (χ4v) is 5.99. The fraction of sp³-hybridized carbons (Fsp3) is 0.800. The van der Waals surface area contributed by atoms with Crippen LogP contribution in [-0.2, 0) is 6.18 Å². The normalized spacial score (nSPS) is 25.4. The van der Waals surface area contributed by atoms with Crippen LogP contribution < -0.4 is 10.2 Å². The lowest BCUT2D eigenvalue weighted by Crippen LogP contribution is -2.64. The van der Waals surface area contributed by atoms with Crippen LogP contribution in [-0.4, -0.2) is 77.2 Å². The minimum absolute atomic E-state index is 0.0653. The lowest BCUT2D eigenvalue weighted by atomic mass is 9.57. The number of nitrogens with one attached hydrogen (secondary N) is 1. The first-order valence-corrected chi connectivity index (χ1v) is 12.7. The van der Waals surface area contributed by atoms with E-state index in [9.17, 15) is 18.0 Å². The number of likely N-dealkylation sites (tertiary alicyclic amines) is 1. The van der Waals surface area contributed by atoms with Crippen LogP contribution in [0.15, 0.2) is 12.4 Å². The van der Waals surface area contributed by atoms with Crippen molar-refractivity contribution in [2.24, 2.45) is 16.7 Å². The number of hydrogen-bond acceptors (Lipinski definition) is 5. The molecule has 1 aliphatic carbocycles. The van der Waals surface area contributed by atoms with Crippen LogP contribution in [0.5, 0.6) is 0 Å². The van der Waals surface area contributed by atoms with Crippen molar-refractivity contribution in [2.45, 2.75) is 72.1 Å². The summed E-state index contributed by atoms with van der Waals surface area (Å²) in [5.41, 5.74) is -0.153. The standard InChI is InChI=1S/C25H39F3N6O/c1-17-13-33(21-12-29-20(11-30-21)25(26,27)28)14-18(2)34(17)22(35)31-10-19-8-24(9-19)15-32(16-24)7-6-23(3,4)5/h11-12,17-19H,6-10,13-16H2,1-5H3,(H,31,35)/t17-,18+. The Kier molecular flexibility index (Phi) is 6.98. The first kappa shape index (κ1) is 26.0. The van der Waals surface area contributed by atoms with Crippen LogP contribution >= 0.6 is 0 Å². The third-order valence-electron chi connectivity index (χ3n) is 7.69. The van der Waals surface area contributed by atoms with Gasteiger partial charge in [-0.1, -0.05) is 20.8 Å². The molecule has 3 aliphatic rings. The molecule has 1 spiro atoms. The zero-order valence-electron chi connectivity index (χ0n) is 21.5. The van der Waals surface area contributed by atoms with Crippen molar-refractivity contribution in [3.8, 4) is 0 Å². The summed E-state index contributed by atoms with van der Waals surface area (Å²) in [6.45, 7) is 16.0. The molecule has 0 aromatic carbocycles. The highest BCUT2D eigenvalue weighted by Gasteiger charge is 2.51. The largest absolute Gasteiger partial charge is 0.434 e. The summed E-state index contributed by atoms with van der Waals surface area (Å²) in [5, 5.41) is 3.14. The molecule has 7 nitrogen and oxygen atoms in total. The van der Waals surface area contributed by atoms with E-state index in [1.807, 2.05) is 23.6 Å². The van der Waals surface area contributed by atoms with E-state index in [0.717, 1.165) is 12.4 Å². The van der Waals surface area contributed by atoms with Gasteiger partial charge >= 0.3 is 12.2 Å². The van der Waals surface area contributed by atoms with Crippen molar-refractivity contribution < 1.29 is 18.0 Å². The molecule has 2 saturated heterocycles. The smallest absolute Gasteiger partial charge is 0.351 e. The third kappa shape index (κ3) is 6.01. The van der Waals surface area contributed by atoms with E-state index < -0.39 is 11.9 Å². The highest BCUT2D eigenvalue weighted by molar-refractivity contribution is 5.75. The molecule has 4 rings (SSSR count). The van der Waals surface area contributed by atoms with Crippen molar-refractivity contribution in [1.82, 2.24) is 25.1 Å². The summed E-state index contributed by atoms with van der Waals surface area (Å²) in [5.74, 6) is 0.937. The van der Waals surface area contributed by atoms with E-state index in [-0.39, 0.29) is 18.1 Å². The Morgan fingerprint density at radius 1 is 1.09 bits per heavy atom. The number of piperazine rings is 1. The summed E-state index contributed by atoms with van der Waals surface area (Å²) < 4.78 is 38.3. The number of alkyl halides is 3. The first-order valence-electron chi connectivity index (χ1n) is 12.7. The molecule has 3 heterocycles. The Balaban J connectivity index is 1.20. The van der Waals surface area contributed by atoms with Gasteiger partial charge in [-0.25, -0.2) is 14.8 Å². The van der Waals surface area contributed by atoms with Crippen LogP contribution in [0, 0.1) is 16.7 Å². The van der Waals surface area contributed by atoms with E-state index in [2.05, 4.69) is 41.0 Å². The minimum Gasteiger partial charge on any atom is -0.351 e. The molecule has 0 radical (unpaired) electrons.